The Morgan fingerprint density at radius 1 is 0.600 bits per heavy atom. The van der Waals surface area contributed by atoms with Crippen LogP contribution in [0.4, 0.5) is 13.2 Å². The quantitative estimate of drug-likeness (QED) is 0.294. The maximum atomic E-state index is 12.0. The molecule has 0 atom stereocenters. The summed E-state index contributed by atoms with van der Waals surface area (Å²) in [6.45, 7) is 6.42. The molecule has 0 unspecified atom stereocenters. The zero-order chi connectivity index (χ0) is 25.6. The first-order valence-corrected chi connectivity index (χ1v) is 12.1. The molecular formula is C29H25F3O2S. The van der Waals surface area contributed by atoms with Crippen LogP contribution in [0.3, 0.4) is 0 Å². The van der Waals surface area contributed by atoms with E-state index >= 15 is 0 Å². The molecule has 0 aliphatic rings. The van der Waals surface area contributed by atoms with Crippen LogP contribution in [0, 0.1) is 20.8 Å². The molecule has 4 rings (SSSR count). The second-order valence-corrected chi connectivity index (χ2v) is 10.1. The van der Waals surface area contributed by atoms with Crippen molar-refractivity contribution in [3.8, 4) is 0 Å². The van der Waals surface area contributed by atoms with E-state index in [1.165, 1.54) is 31.4 Å². The smallest absolute Gasteiger partial charge is 0.416 e. The lowest BCUT2D eigenvalue weighted by Gasteiger charge is -2.09. The van der Waals surface area contributed by atoms with E-state index in [0.717, 1.165) is 12.1 Å². The zero-order valence-electron chi connectivity index (χ0n) is 19.6. The van der Waals surface area contributed by atoms with Crippen LogP contribution in [0.5, 0.6) is 0 Å². The second kappa shape index (κ2) is 11.3. The minimum atomic E-state index is -4.44. The minimum absolute atomic E-state index is 0.0394. The number of benzene rings is 4. The fourth-order valence-corrected chi connectivity index (χ4v) is 5.27. The van der Waals surface area contributed by atoms with Crippen molar-refractivity contribution in [1.29, 1.82) is 0 Å². The van der Waals surface area contributed by atoms with Crippen LogP contribution in [0.2, 0.25) is 0 Å². The molecule has 0 N–H and O–H groups in total. The number of halogens is 3. The Labute approximate surface area is 206 Å². The number of carboxylic acid groups (broad SMARTS) is 1. The Balaban J connectivity index is 0.000000225. The highest BCUT2D eigenvalue weighted by Crippen LogP contribution is 2.32. The number of aryl methyl sites for hydroxylation is 3. The summed E-state index contributed by atoms with van der Waals surface area (Å²) in [6.07, 6.45) is -4.44. The highest BCUT2D eigenvalue weighted by Gasteiger charge is 2.30. The van der Waals surface area contributed by atoms with E-state index in [4.69, 9.17) is 0 Å². The molecule has 2 nitrogen and oxygen atoms in total. The lowest BCUT2D eigenvalue weighted by molar-refractivity contribution is -0.255. The molecule has 4 aromatic rings. The van der Waals surface area contributed by atoms with Crippen molar-refractivity contribution in [2.24, 2.45) is 0 Å². The van der Waals surface area contributed by atoms with Gasteiger partial charge in [0, 0.05) is 0 Å². The molecule has 0 spiro atoms. The van der Waals surface area contributed by atoms with Crippen LogP contribution in [0.25, 0.3) is 0 Å². The van der Waals surface area contributed by atoms with Crippen molar-refractivity contribution in [3.05, 3.63) is 125 Å². The van der Waals surface area contributed by atoms with E-state index in [9.17, 15) is 23.1 Å². The Kier molecular flexibility index (Phi) is 8.41. The van der Waals surface area contributed by atoms with Gasteiger partial charge in [-0.2, -0.15) is 13.2 Å². The van der Waals surface area contributed by atoms with Crippen molar-refractivity contribution in [1.82, 2.24) is 0 Å². The molecule has 35 heavy (non-hydrogen) atoms. The monoisotopic (exact) mass is 494 g/mol. The van der Waals surface area contributed by atoms with Crippen molar-refractivity contribution in [2.75, 3.05) is 0 Å². The Morgan fingerprint density at radius 2 is 0.914 bits per heavy atom. The van der Waals surface area contributed by atoms with Crippen LogP contribution in [0.15, 0.2) is 112 Å². The van der Waals surface area contributed by atoms with E-state index < -0.39 is 17.7 Å². The van der Waals surface area contributed by atoms with E-state index in [2.05, 4.69) is 93.6 Å². The average molecular weight is 495 g/mol. The second-order valence-electron chi connectivity index (χ2n) is 8.11. The number of carbonyl (C=O) groups is 1. The van der Waals surface area contributed by atoms with Gasteiger partial charge in [0.05, 0.1) is 22.4 Å². The largest absolute Gasteiger partial charge is 0.545 e. The number of hydrogen-bond donors (Lipinski definition) is 0. The Hall–Kier alpha value is -3.51. The molecule has 0 fully saturated rings. The molecule has 4 aromatic carbocycles. The highest BCUT2D eigenvalue weighted by molar-refractivity contribution is 7.97. The molecule has 6 heteroatoms. The van der Waals surface area contributed by atoms with Gasteiger partial charge in [-0.3, -0.25) is 0 Å². The third-order valence-electron chi connectivity index (χ3n) is 5.22. The maximum Gasteiger partial charge on any atom is 0.416 e. The average Bonchev–Trinajstić information content (AvgIpc) is 2.83. The topological polar surface area (TPSA) is 40.1 Å². The first-order valence-electron chi connectivity index (χ1n) is 10.9. The molecule has 0 amide bonds. The number of rotatable bonds is 4. The third kappa shape index (κ3) is 7.23. The van der Waals surface area contributed by atoms with Crippen molar-refractivity contribution >= 4 is 16.9 Å². The summed E-state index contributed by atoms with van der Waals surface area (Å²) >= 11 is 0. The number of alkyl halides is 3. The van der Waals surface area contributed by atoms with Gasteiger partial charge in [-0.05, 0) is 74.9 Å². The van der Waals surface area contributed by atoms with Gasteiger partial charge in [-0.1, -0.05) is 65.2 Å². The number of aromatic carboxylic acids is 1. The number of carbonyl (C=O) groups excluding carboxylic acids is 1. The van der Waals surface area contributed by atoms with Gasteiger partial charge in [-0.15, -0.1) is 0 Å². The summed E-state index contributed by atoms with van der Waals surface area (Å²) in [5.74, 6) is -1.49. The Morgan fingerprint density at radius 3 is 1.17 bits per heavy atom. The first kappa shape index (κ1) is 26.1. The number of carboxylic acids is 1. The summed E-state index contributed by atoms with van der Waals surface area (Å²) in [5, 5.41) is 10.2. The van der Waals surface area contributed by atoms with Crippen LogP contribution in [-0.4, -0.2) is 5.97 Å². The fourth-order valence-electron chi connectivity index (χ4n) is 3.23. The molecule has 0 heterocycles. The lowest BCUT2D eigenvalue weighted by Crippen LogP contribution is -2.22. The molecular weight excluding hydrogens is 469 g/mol. The van der Waals surface area contributed by atoms with Crippen molar-refractivity contribution < 1.29 is 23.1 Å². The normalized spacial score (nSPS) is 11.1. The first-order chi connectivity index (χ1) is 16.5. The lowest BCUT2D eigenvalue weighted by atomic mass is 10.1. The van der Waals surface area contributed by atoms with Gasteiger partial charge < -0.3 is 9.90 Å². The van der Waals surface area contributed by atoms with Crippen LogP contribution < -0.4 is 5.11 Å². The van der Waals surface area contributed by atoms with Gasteiger partial charge in [-0.25, -0.2) is 0 Å². The van der Waals surface area contributed by atoms with Crippen LogP contribution in [-0.2, 0) is 17.1 Å². The maximum absolute atomic E-state index is 12.0. The summed E-state index contributed by atoms with van der Waals surface area (Å²) < 4.78 is 35.9. The van der Waals surface area contributed by atoms with E-state index in [-0.39, 0.29) is 16.5 Å². The summed E-state index contributed by atoms with van der Waals surface area (Å²) in [6, 6.07) is 29.9. The van der Waals surface area contributed by atoms with Crippen molar-refractivity contribution in [2.45, 2.75) is 41.6 Å². The van der Waals surface area contributed by atoms with Crippen molar-refractivity contribution in [3.63, 3.8) is 0 Å². The molecule has 0 aliphatic heterocycles. The summed E-state index contributed by atoms with van der Waals surface area (Å²) in [5.41, 5.74) is 2.77. The van der Waals surface area contributed by atoms with Gasteiger partial charge in [0.15, 0.2) is 14.7 Å². The van der Waals surface area contributed by atoms with Crippen LogP contribution >= 0.6 is 0 Å². The predicted molar refractivity (Wildman–Crippen MR) is 131 cm³/mol. The van der Waals surface area contributed by atoms with E-state index in [1.54, 1.807) is 0 Å². The molecule has 0 aliphatic carbocycles. The van der Waals surface area contributed by atoms with Crippen LogP contribution in [0.1, 0.15) is 32.6 Å². The minimum Gasteiger partial charge on any atom is -0.545 e. The summed E-state index contributed by atoms with van der Waals surface area (Å²) in [7, 11) is -0.0394. The van der Waals surface area contributed by atoms with Gasteiger partial charge >= 0.3 is 6.18 Å². The van der Waals surface area contributed by atoms with E-state index in [0.29, 0.717) is 12.1 Å². The molecule has 180 valence electrons. The molecule has 0 radical (unpaired) electrons. The third-order valence-corrected chi connectivity index (χ3v) is 7.45. The number of hydrogen-bond acceptors (Lipinski definition) is 2. The van der Waals surface area contributed by atoms with E-state index in [1.807, 2.05) is 0 Å². The molecule has 0 bridgehead atoms. The standard InChI is InChI=1S/C21H21S.C8H5F3O2/c1-16-4-10-19(11-5-16)22(20-12-6-17(2)7-13-20)21-14-8-18(3)9-15-21;9-8(10,11)6-3-1-5(2-4-6)7(12)13/h4-15H,1-3H3;1-4H,(H,12,13)/q+1;/p-1. The Bertz CT molecular complexity index is 1140. The van der Waals surface area contributed by atoms with Gasteiger partial charge in [0.2, 0.25) is 0 Å². The zero-order valence-corrected chi connectivity index (χ0v) is 20.4. The van der Waals surface area contributed by atoms with Gasteiger partial charge in [0.1, 0.15) is 0 Å². The molecule has 0 aromatic heterocycles. The highest BCUT2D eigenvalue weighted by atomic mass is 32.2. The van der Waals surface area contributed by atoms with Gasteiger partial charge in [0.25, 0.3) is 0 Å². The molecule has 0 saturated heterocycles. The summed E-state index contributed by atoms with van der Waals surface area (Å²) in [4.78, 5) is 14.3. The SMILES string of the molecule is Cc1ccc([S+](c2ccc(C)cc2)c2ccc(C)cc2)cc1.O=C([O-])c1ccc(C(F)(F)F)cc1. The fraction of sp³-hybridized carbons (Fsp3) is 0.138. The predicted octanol–water partition coefficient (Wildman–Crippen LogP) is 6.78. The molecule has 0 saturated carbocycles.